The second-order valence-corrected chi connectivity index (χ2v) is 7.81. The predicted octanol–water partition coefficient (Wildman–Crippen LogP) is 1.96. The molecule has 0 aliphatic rings. The lowest BCUT2D eigenvalue weighted by Gasteiger charge is -2.08. The molecule has 0 saturated carbocycles. The molecule has 0 atom stereocenters. The molecule has 2 heterocycles. The molecule has 2 aromatic carbocycles. The van der Waals surface area contributed by atoms with Crippen LogP contribution in [-0.2, 0) is 6.54 Å². The number of hydrazine groups is 1. The van der Waals surface area contributed by atoms with Crippen LogP contribution in [0.15, 0.2) is 71.4 Å². The number of carbonyl (C=O) groups is 2. The minimum atomic E-state index is -0.397. The molecule has 0 radical (unpaired) electrons. The van der Waals surface area contributed by atoms with E-state index >= 15 is 0 Å². The Labute approximate surface area is 192 Å². The van der Waals surface area contributed by atoms with E-state index in [-0.39, 0.29) is 29.8 Å². The number of carbonyl (C=O) groups excluding carboxylic acids is 2. The van der Waals surface area contributed by atoms with E-state index in [2.05, 4.69) is 31.2 Å². The highest BCUT2D eigenvalue weighted by atomic mass is 32.1. The SMILES string of the molecule is NN/N=C(\N)c1ccc(CNC(=O)c2cc(NC(=O)c3csc4ccccc34)ncn2)cc1. The number of amidine groups is 1. The second kappa shape index (κ2) is 9.85. The van der Waals surface area contributed by atoms with Gasteiger partial charge < -0.3 is 16.4 Å². The van der Waals surface area contributed by atoms with Gasteiger partial charge in [0.25, 0.3) is 11.8 Å². The fourth-order valence-corrected chi connectivity index (χ4v) is 4.03. The largest absolute Gasteiger partial charge is 0.382 e. The first-order valence-electron chi connectivity index (χ1n) is 9.81. The summed E-state index contributed by atoms with van der Waals surface area (Å²) >= 11 is 1.49. The zero-order chi connectivity index (χ0) is 23.2. The summed E-state index contributed by atoms with van der Waals surface area (Å²) in [4.78, 5) is 33.3. The van der Waals surface area contributed by atoms with Gasteiger partial charge in [-0.05, 0) is 11.6 Å². The third-order valence-electron chi connectivity index (χ3n) is 4.75. The number of aromatic nitrogens is 2. The molecular formula is C22H20N8O2S. The van der Waals surface area contributed by atoms with Crippen LogP contribution in [0.25, 0.3) is 10.1 Å². The number of thiophene rings is 1. The maximum atomic E-state index is 12.7. The quantitative estimate of drug-likeness (QED) is 0.122. The number of amides is 2. The van der Waals surface area contributed by atoms with Gasteiger partial charge in [0.1, 0.15) is 17.8 Å². The van der Waals surface area contributed by atoms with Crippen molar-refractivity contribution in [2.45, 2.75) is 6.54 Å². The molecule has 0 fully saturated rings. The van der Waals surface area contributed by atoms with E-state index in [4.69, 9.17) is 11.6 Å². The molecule has 0 unspecified atom stereocenters. The smallest absolute Gasteiger partial charge is 0.270 e. The molecule has 7 N–H and O–H groups in total. The number of nitrogens with two attached hydrogens (primary N) is 2. The first kappa shape index (κ1) is 21.9. The van der Waals surface area contributed by atoms with Gasteiger partial charge in [0, 0.05) is 33.6 Å². The monoisotopic (exact) mass is 460 g/mol. The standard InChI is InChI=1S/C22H20N8O2S/c23-20(29-30-24)14-7-5-13(6-8-14)10-25-22(32)17-9-19(27-12-26-17)28-21(31)16-11-33-18-4-2-1-3-15(16)18/h1-9,11-12,30H,10,24H2,(H2,23,29)(H,25,32)(H,26,27,28,31). The molecule has 11 heteroatoms. The van der Waals surface area contributed by atoms with Crippen LogP contribution in [0.3, 0.4) is 0 Å². The first-order valence-corrected chi connectivity index (χ1v) is 10.7. The van der Waals surface area contributed by atoms with Gasteiger partial charge >= 0.3 is 0 Å². The molecule has 166 valence electrons. The van der Waals surface area contributed by atoms with Crippen LogP contribution in [0.2, 0.25) is 0 Å². The molecule has 4 rings (SSSR count). The number of rotatable bonds is 7. The Kier molecular flexibility index (Phi) is 6.53. The van der Waals surface area contributed by atoms with Crippen LogP contribution >= 0.6 is 11.3 Å². The van der Waals surface area contributed by atoms with Gasteiger partial charge in [-0.15, -0.1) is 16.4 Å². The molecule has 4 aromatic rings. The molecule has 33 heavy (non-hydrogen) atoms. The lowest BCUT2D eigenvalue weighted by molar-refractivity contribution is 0.0944. The molecule has 2 aromatic heterocycles. The lowest BCUT2D eigenvalue weighted by Crippen LogP contribution is -2.25. The Morgan fingerprint density at radius 2 is 1.82 bits per heavy atom. The third-order valence-corrected chi connectivity index (χ3v) is 5.72. The summed E-state index contributed by atoms with van der Waals surface area (Å²) in [5.41, 5.74) is 10.1. The van der Waals surface area contributed by atoms with Crippen molar-refractivity contribution in [1.29, 1.82) is 0 Å². The molecule has 0 aliphatic heterocycles. The highest BCUT2D eigenvalue weighted by Crippen LogP contribution is 2.26. The average Bonchev–Trinajstić information content (AvgIpc) is 3.27. The Balaban J connectivity index is 1.39. The van der Waals surface area contributed by atoms with Crippen LogP contribution in [0.1, 0.15) is 32.0 Å². The van der Waals surface area contributed by atoms with Gasteiger partial charge in [0.2, 0.25) is 0 Å². The van der Waals surface area contributed by atoms with E-state index in [0.29, 0.717) is 11.1 Å². The maximum Gasteiger partial charge on any atom is 0.270 e. The van der Waals surface area contributed by atoms with E-state index in [1.54, 1.807) is 17.5 Å². The Hall–Kier alpha value is -4.35. The zero-order valence-electron chi connectivity index (χ0n) is 17.3. The summed E-state index contributed by atoms with van der Waals surface area (Å²) in [6, 6.07) is 16.2. The van der Waals surface area contributed by atoms with Gasteiger partial charge in [-0.3, -0.25) is 9.59 Å². The fourth-order valence-electron chi connectivity index (χ4n) is 3.09. The normalized spacial score (nSPS) is 11.2. The molecule has 0 bridgehead atoms. The number of nitrogens with one attached hydrogen (secondary N) is 3. The number of anilines is 1. The van der Waals surface area contributed by atoms with Gasteiger partial charge in [-0.2, -0.15) is 0 Å². The van der Waals surface area contributed by atoms with E-state index in [1.165, 1.54) is 23.7 Å². The average molecular weight is 461 g/mol. The summed E-state index contributed by atoms with van der Waals surface area (Å²) in [6.45, 7) is 0.276. The van der Waals surface area contributed by atoms with Crippen molar-refractivity contribution in [3.63, 3.8) is 0 Å². The van der Waals surface area contributed by atoms with Crippen molar-refractivity contribution in [2.24, 2.45) is 16.7 Å². The van der Waals surface area contributed by atoms with Crippen molar-refractivity contribution >= 4 is 44.9 Å². The van der Waals surface area contributed by atoms with Crippen LogP contribution in [0, 0.1) is 0 Å². The zero-order valence-corrected chi connectivity index (χ0v) is 18.1. The number of benzene rings is 2. The number of nitrogens with zero attached hydrogens (tertiary/aromatic N) is 3. The van der Waals surface area contributed by atoms with Crippen molar-refractivity contribution in [1.82, 2.24) is 20.8 Å². The summed E-state index contributed by atoms with van der Waals surface area (Å²) in [6.07, 6.45) is 1.23. The number of fused-ring (bicyclic) bond motifs is 1. The van der Waals surface area contributed by atoms with E-state index in [1.807, 2.05) is 36.4 Å². The van der Waals surface area contributed by atoms with Crippen molar-refractivity contribution in [3.05, 3.63) is 88.7 Å². The lowest BCUT2D eigenvalue weighted by atomic mass is 10.1. The highest BCUT2D eigenvalue weighted by molar-refractivity contribution is 7.17. The molecular weight excluding hydrogens is 440 g/mol. The second-order valence-electron chi connectivity index (χ2n) is 6.89. The Bertz CT molecular complexity index is 1330. The van der Waals surface area contributed by atoms with Crippen LogP contribution < -0.4 is 27.7 Å². The molecule has 0 saturated heterocycles. The topological polar surface area (TPSA) is 160 Å². The minimum absolute atomic E-state index is 0.137. The number of hydrogen-bond acceptors (Lipinski definition) is 8. The highest BCUT2D eigenvalue weighted by Gasteiger charge is 2.14. The summed E-state index contributed by atoms with van der Waals surface area (Å²) in [5.74, 6) is 4.91. The molecule has 0 aliphatic carbocycles. The number of hydrazone groups is 1. The van der Waals surface area contributed by atoms with Crippen molar-refractivity contribution < 1.29 is 9.59 Å². The Morgan fingerprint density at radius 3 is 2.61 bits per heavy atom. The molecule has 0 spiro atoms. The van der Waals surface area contributed by atoms with Crippen molar-refractivity contribution in [2.75, 3.05) is 5.32 Å². The van der Waals surface area contributed by atoms with E-state index < -0.39 is 5.91 Å². The van der Waals surface area contributed by atoms with E-state index in [0.717, 1.165) is 15.6 Å². The number of hydrogen-bond donors (Lipinski definition) is 5. The molecule has 10 nitrogen and oxygen atoms in total. The maximum absolute atomic E-state index is 12.7. The summed E-state index contributed by atoms with van der Waals surface area (Å²) in [7, 11) is 0. The Morgan fingerprint density at radius 1 is 1.03 bits per heavy atom. The van der Waals surface area contributed by atoms with Crippen LogP contribution in [-0.4, -0.2) is 27.6 Å². The van der Waals surface area contributed by atoms with Crippen LogP contribution in [0.4, 0.5) is 5.82 Å². The minimum Gasteiger partial charge on any atom is -0.382 e. The van der Waals surface area contributed by atoms with E-state index in [9.17, 15) is 9.59 Å². The summed E-state index contributed by atoms with van der Waals surface area (Å²) in [5, 5.41) is 11.9. The fraction of sp³-hybridized carbons (Fsp3) is 0.0455. The molecule has 2 amide bonds. The van der Waals surface area contributed by atoms with Gasteiger partial charge in [0.05, 0.1) is 5.56 Å². The van der Waals surface area contributed by atoms with Crippen molar-refractivity contribution in [3.8, 4) is 0 Å². The third kappa shape index (κ3) is 5.11. The van der Waals surface area contributed by atoms with Gasteiger partial charge in [0.15, 0.2) is 5.84 Å². The summed E-state index contributed by atoms with van der Waals surface area (Å²) < 4.78 is 1.02. The predicted molar refractivity (Wildman–Crippen MR) is 127 cm³/mol. The van der Waals surface area contributed by atoms with Gasteiger partial charge in [-0.25, -0.2) is 21.3 Å². The first-order chi connectivity index (χ1) is 16.0. The van der Waals surface area contributed by atoms with Crippen LogP contribution in [0.5, 0.6) is 0 Å². The van der Waals surface area contributed by atoms with Gasteiger partial charge in [-0.1, -0.05) is 42.5 Å².